The summed E-state index contributed by atoms with van der Waals surface area (Å²) in [5.74, 6) is 2.46. The highest BCUT2D eigenvalue weighted by molar-refractivity contribution is 7.54. The zero-order valence-electron chi connectivity index (χ0n) is 17.9. The van der Waals surface area contributed by atoms with Gasteiger partial charge < -0.3 is 4.52 Å². The van der Waals surface area contributed by atoms with Gasteiger partial charge in [-0.3, -0.25) is 9.36 Å². The van der Waals surface area contributed by atoms with Crippen molar-refractivity contribution in [1.29, 1.82) is 0 Å². The standard InChI is InChI=1S/C23H35N2O3P/c1-22-9-7-17(26)15-16(22)3-4-18-19-5-6-21(23(19,2)10-8-20(18)22)28-29(27,24-11-12-24)25-13-14-25/h15,18-21H,3-14H2,1-2H3/t18-,19+,20+,21+,22+,23+/m1/s1. The zero-order chi connectivity index (χ0) is 20.0. The molecule has 6 aliphatic rings. The van der Waals surface area contributed by atoms with Gasteiger partial charge in [0.2, 0.25) is 0 Å². The first kappa shape index (κ1) is 19.2. The summed E-state index contributed by atoms with van der Waals surface area (Å²) in [5.41, 5.74) is 1.83. The molecular formula is C23H35N2O3P. The molecule has 2 aliphatic heterocycles. The molecule has 2 saturated heterocycles. The number of allylic oxidation sites excluding steroid dienone is 1. The second-order valence-corrected chi connectivity index (χ2v) is 13.4. The van der Waals surface area contributed by atoms with Crippen molar-refractivity contribution in [1.82, 2.24) is 9.34 Å². The van der Waals surface area contributed by atoms with Gasteiger partial charge in [0.05, 0.1) is 6.10 Å². The van der Waals surface area contributed by atoms with E-state index < -0.39 is 7.67 Å². The maximum atomic E-state index is 13.7. The van der Waals surface area contributed by atoms with Crippen LogP contribution >= 0.6 is 7.67 Å². The lowest BCUT2D eigenvalue weighted by Crippen LogP contribution is -2.51. The molecule has 6 rings (SSSR count). The number of rotatable bonds is 4. The summed E-state index contributed by atoms with van der Waals surface area (Å²) in [5, 5.41) is 0. The minimum absolute atomic E-state index is 0.137. The molecule has 0 N–H and O–H groups in total. The highest BCUT2D eigenvalue weighted by atomic mass is 31.2. The van der Waals surface area contributed by atoms with Crippen molar-refractivity contribution in [3.8, 4) is 0 Å². The highest BCUT2D eigenvalue weighted by Crippen LogP contribution is 2.69. The average Bonchev–Trinajstić information content (AvgIpc) is 3.59. The van der Waals surface area contributed by atoms with Gasteiger partial charge in [-0.05, 0) is 79.6 Å². The van der Waals surface area contributed by atoms with Crippen LogP contribution in [0, 0.1) is 28.6 Å². The molecule has 6 atom stereocenters. The second-order valence-electron chi connectivity index (χ2n) is 11.1. The van der Waals surface area contributed by atoms with Crippen LogP contribution in [0.1, 0.15) is 65.2 Å². The molecule has 0 spiro atoms. The van der Waals surface area contributed by atoms with Gasteiger partial charge in [0.15, 0.2) is 5.78 Å². The predicted molar refractivity (Wildman–Crippen MR) is 112 cm³/mol. The highest BCUT2D eigenvalue weighted by Gasteiger charge is 2.61. The molecule has 0 aromatic rings. The number of hydrogen-bond donors (Lipinski definition) is 0. The molecular weight excluding hydrogens is 383 g/mol. The van der Waals surface area contributed by atoms with Crippen LogP contribution < -0.4 is 0 Å². The van der Waals surface area contributed by atoms with Gasteiger partial charge in [0, 0.05) is 32.6 Å². The fourth-order valence-electron chi connectivity index (χ4n) is 7.76. The lowest BCUT2D eigenvalue weighted by molar-refractivity contribution is -0.117. The zero-order valence-corrected chi connectivity index (χ0v) is 18.8. The monoisotopic (exact) mass is 418 g/mol. The largest absolute Gasteiger partial charge is 0.346 e. The van der Waals surface area contributed by atoms with E-state index in [0.717, 1.165) is 57.8 Å². The molecule has 0 radical (unpaired) electrons. The van der Waals surface area contributed by atoms with Gasteiger partial charge in [-0.25, -0.2) is 9.34 Å². The number of nitrogens with zero attached hydrogens (tertiary/aromatic N) is 2. The Morgan fingerprint density at radius 3 is 2.38 bits per heavy atom. The fraction of sp³-hybridized carbons (Fsp3) is 0.870. The quantitative estimate of drug-likeness (QED) is 0.492. The maximum absolute atomic E-state index is 13.7. The number of fused-ring (bicyclic) bond motifs is 5. The van der Waals surface area contributed by atoms with Crippen LogP contribution in [0.3, 0.4) is 0 Å². The molecule has 6 heteroatoms. The number of carbonyl (C=O) groups excluding carboxylic acids is 1. The normalized spacial score (nSPS) is 47.2. The van der Waals surface area contributed by atoms with Crippen molar-refractivity contribution in [2.75, 3.05) is 26.2 Å². The third-order valence-corrected chi connectivity index (χ3v) is 12.5. The average molecular weight is 419 g/mol. The molecule has 4 aliphatic carbocycles. The first-order chi connectivity index (χ1) is 13.8. The van der Waals surface area contributed by atoms with Gasteiger partial charge >= 0.3 is 7.67 Å². The summed E-state index contributed by atoms with van der Waals surface area (Å²) < 4.78 is 24.4. The molecule has 160 valence electrons. The minimum Gasteiger partial charge on any atom is -0.302 e. The van der Waals surface area contributed by atoms with Crippen molar-refractivity contribution in [2.45, 2.75) is 71.3 Å². The van der Waals surface area contributed by atoms with Crippen molar-refractivity contribution < 1.29 is 13.9 Å². The second kappa shape index (κ2) is 6.28. The Bertz CT molecular complexity index is 803. The van der Waals surface area contributed by atoms with E-state index in [0.29, 0.717) is 17.6 Å². The Hall–Kier alpha value is -0.480. The topological polar surface area (TPSA) is 49.4 Å². The van der Waals surface area contributed by atoms with E-state index in [1.165, 1.54) is 31.3 Å². The molecule has 29 heavy (non-hydrogen) atoms. The summed E-state index contributed by atoms with van der Waals surface area (Å²) in [6, 6.07) is 0. The van der Waals surface area contributed by atoms with Crippen LogP contribution in [-0.2, 0) is 13.9 Å². The minimum atomic E-state index is -2.76. The van der Waals surface area contributed by atoms with Crippen LogP contribution in [-0.4, -0.2) is 47.4 Å². The Morgan fingerprint density at radius 1 is 0.966 bits per heavy atom. The predicted octanol–water partition coefficient (Wildman–Crippen LogP) is 4.64. The molecule has 0 aromatic carbocycles. The Balaban J connectivity index is 1.26. The van der Waals surface area contributed by atoms with Crippen LogP contribution in [0.5, 0.6) is 0 Å². The van der Waals surface area contributed by atoms with Gasteiger partial charge in [-0.2, -0.15) is 0 Å². The van der Waals surface area contributed by atoms with Gasteiger partial charge in [0.1, 0.15) is 0 Å². The SMILES string of the molecule is C[C@]12CC[C@H]3[C@H](CCC4=CC(=O)CC[C@@]43C)[C@@H]1CC[C@@H]2OP(=O)(N1CC1)N1CC1. The third kappa shape index (κ3) is 2.76. The summed E-state index contributed by atoms with van der Waals surface area (Å²) in [4.78, 5) is 12.0. The van der Waals surface area contributed by atoms with E-state index in [9.17, 15) is 9.36 Å². The van der Waals surface area contributed by atoms with E-state index in [-0.39, 0.29) is 16.9 Å². The summed E-state index contributed by atoms with van der Waals surface area (Å²) >= 11 is 0. The van der Waals surface area contributed by atoms with Crippen molar-refractivity contribution in [3.05, 3.63) is 11.6 Å². The van der Waals surface area contributed by atoms with E-state index >= 15 is 0 Å². The molecule has 3 saturated carbocycles. The van der Waals surface area contributed by atoms with Crippen molar-refractivity contribution in [3.63, 3.8) is 0 Å². The Labute approximate surface area is 174 Å². The van der Waals surface area contributed by atoms with Gasteiger partial charge in [-0.1, -0.05) is 19.4 Å². The Kier molecular flexibility index (Phi) is 4.16. The lowest BCUT2D eigenvalue weighted by atomic mass is 9.47. The van der Waals surface area contributed by atoms with E-state index in [4.69, 9.17) is 4.52 Å². The van der Waals surface area contributed by atoms with Crippen LogP contribution in [0.15, 0.2) is 11.6 Å². The molecule has 5 fully saturated rings. The van der Waals surface area contributed by atoms with Crippen LogP contribution in [0.4, 0.5) is 0 Å². The van der Waals surface area contributed by atoms with Gasteiger partial charge in [-0.15, -0.1) is 0 Å². The molecule has 0 amide bonds. The number of ketones is 1. The van der Waals surface area contributed by atoms with E-state index in [1.807, 2.05) is 6.08 Å². The van der Waals surface area contributed by atoms with Gasteiger partial charge in [0.25, 0.3) is 0 Å². The first-order valence-corrected chi connectivity index (χ1v) is 13.4. The van der Waals surface area contributed by atoms with Crippen molar-refractivity contribution in [2.24, 2.45) is 28.6 Å². The number of hydrogen-bond acceptors (Lipinski definition) is 3. The van der Waals surface area contributed by atoms with Crippen molar-refractivity contribution >= 4 is 13.5 Å². The third-order valence-electron chi connectivity index (χ3n) is 9.70. The molecule has 0 unspecified atom stereocenters. The van der Waals surface area contributed by atoms with E-state index in [1.54, 1.807) is 0 Å². The molecule has 2 heterocycles. The molecule has 5 nitrogen and oxygen atoms in total. The number of carbonyl (C=O) groups is 1. The summed E-state index contributed by atoms with van der Waals surface area (Å²) in [6.07, 6.45) is 10.9. The van der Waals surface area contributed by atoms with Crippen LogP contribution in [0.2, 0.25) is 0 Å². The molecule has 0 bridgehead atoms. The fourth-order valence-corrected chi connectivity index (χ4v) is 10.2. The maximum Gasteiger partial charge on any atom is 0.346 e. The first-order valence-electron chi connectivity index (χ1n) is 11.9. The Morgan fingerprint density at radius 2 is 1.69 bits per heavy atom. The molecule has 0 aromatic heterocycles. The van der Waals surface area contributed by atoms with E-state index in [2.05, 4.69) is 23.2 Å². The smallest absolute Gasteiger partial charge is 0.302 e. The summed E-state index contributed by atoms with van der Waals surface area (Å²) in [6.45, 7) is 8.60. The summed E-state index contributed by atoms with van der Waals surface area (Å²) in [7, 11) is -2.76. The van der Waals surface area contributed by atoms with Crippen LogP contribution in [0.25, 0.3) is 0 Å². The lowest BCUT2D eigenvalue weighted by Gasteiger charge is -2.58.